The van der Waals surface area contributed by atoms with Crippen molar-refractivity contribution in [2.75, 3.05) is 0 Å². The second-order valence-corrected chi connectivity index (χ2v) is 17.0. The van der Waals surface area contributed by atoms with Crippen LogP contribution in [0.1, 0.15) is 89.5 Å². The van der Waals surface area contributed by atoms with Crippen LogP contribution >= 0.6 is 0 Å². The average Bonchev–Trinajstić information content (AvgIpc) is 3.18. The third-order valence-corrected chi connectivity index (χ3v) is 14.3. The lowest BCUT2D eigenvalue weighted by Gasteiger charge is -2.64. The van der Waals surface area contributed by atoms with Crippen LogP contribution < -0.4 is 0 Å². The number of sulfonamides is 1. The van der Waals surface area contributed by atoms with E-state index in [2.05, 4.69) is 0 Å². The van der Waals surface area contributed by atoms with Crippen molar-refractivity contribution in [3.63, 3.8) is 0 Å². The summed E-state index contributed by atoms with van der Waals surface area (Å²) in [5, 5.41) is 0. The van der Waals surface area contributed by atoms with Gasteiger partial charge >= 0.3 is 6.03 Å². The van der Waals surface area contributed by atoms with E-state index >= 15 is 0 Å². The number of imide groups is 1. The molecule has 8 saturated carbocycles. The summed E-state index contributed by atoms with van der Waals surface area (Å²) < 4.78 is 30.4. The van der Waals surface area contributed by atoms with Crippen LogP contribution in [-0.4, -0.2) is 41.6 Å². The van der Waals surface area contributed by atoms with Crippen LogP contribution in [0.5, 0.6) is 0 Å². The lowest BCUT2D eigenvalue weighted by Crippen LogP contribution is -2.65. The van der Waals surface area contributed by atoms with E-state index in [1.807, 2.05) is 19.1 Å². The Morgan fingerprint density at radius 2 is 1.10 bits per heavy atom. The molecule has 8 bridgehead atoms. The van der Waals surface area contributed by atoms with Crippen molar-refractivity contribution in [2.24, 2.45) is 46.3 Å². The fourth-order valence-corrected chi connectivity index (χ4v) is 13.9. The highest BCUT2D eigenvalue weighted by atomic mass is 32.2. The molecule has 39 heavy (non-hydrogen) atoms. The van der Waals surface area contributed by atoms with Crippen molar-refractivity contribution in [3.05, 3.63) is 29.8 Å². The van der Waals surface area contributed by atoms with E-state index in [-0.39, 0.29) is 27.7 Å². The van der Waals surface area contributed by atoms with Gasteiger partial charge < -0.3 is 0 Å². The number of hydrogen-bond acceptors (Lipinski definition) is 4. The topological polar surface area (TPSA) is 74.8 Å². The summed E-state index contributed by atoms with van der Waals surface area (Å²) in [6, 6.07) is 5.54. The fourth-order valence-electron chi connectivity index (χ4n) is 12.3. The Morgan fingerprint density at radius 1 is 0.718 bits per heavy atom. The van der Waals surface area contributed by atoms with Crippen molar-refractivity contribution >= 4 is 22.0 Å². The van der Waals surface area contributed by atoms with Gasteiger partial charge in [-0.05, 0) is 142 Å². The fraction of sp³-hybridized carbons (Fsp3) is 0.750. The monoisotopic (exact) mass is 550 g/mol. The van der Waals surface area contributed by atoms with E-state index in [0.29, 0.717) is 35.5 Å². The zero-order valence-corrected chi connectivity index (χ0v) is 24.2. The maximum absolute atomic E-state index is 14.6. The molecular formula is C32H42N2O4S. The highest BCUT2D eigenvalue weighted by Gasteiger charge is 2.70. The molecule has 1 aliphatic heterocycles. The highest BCUT2D eigenvalue weighted by molar-refractivity contribution is 7.89. The summed E-state index contributed by atoms with van der Waals surface area (Å²) in [6.07, 6.45) is 13.7. The molecule has 9 fully saturated rings. The van der Waals surface area contributed by atoms with Crippen LogP contribution in [0.4, 0.5) is 4.79 Å². The Labute approximate surface area is 232 Å². The number of nitrogens with zero attached hydrogens (tertiary/aromatic N) is 2. The number of benzene rings is 1. The Bertz CT molecular complexity index is 1260. The van der Waals surface area contributed by atoms with Crippen LogP contribution in [0.3, 0.4) is 0 Å². The highest BCUT2D eigenvalue weighted by Crippen LogP contribution is 2.69. The van der Waals surface area contributed by atoms with Crippen molar-refractivity contribution in [2.45, 2.75) is 108 Å². The van der Waals surface area contributed by atoms with E-state index in [4.69, 9.17) is 0 Å². The first kappa shape index (κ1) is 24.9. The molecule has 3 amide bonds. The third kappa shape index (κ3) is 3.47. The molecule has 0 N–H and O–H groups in total. The van der Waals surface area contributed by atoms with E-state index < -0.39 is 22.1 Å². The normalized spacial score (nSPS) is 45.9. The van der Waals surface area contributed by atoms with Gasteiger partial charge in [0.25, 0.3) is 10.0 Å². The predicted molar refractivity (Wildman–Crippen MR) is 147 cm³/mol. The first-order chi connectivity index (χ1) is 18.6. The second kappa shape index (κ2) is 8.10. The number of carbonyl (C=O) groups is 2. The van der Waals surface area contributed by atoms with Gasteiger partial charge in [0.2, 0.25) is 5.91 Å². The predicted octanol–water partition coefficient (Wildman–Crippen LogP) is 6.14. The molecular weight excluding hydrogens is 508 g/mol. The molecule has 10 rings (SSSR count). The van der Waals surface area contributed by atoms with Crippen LogP contribution in [0.15, 0.2) is 29.2 Å². The number of aryl methyl sites for hydroxylation is 1. The number of hydrogen-bond donors (Lipinski definition) is 0. The molecule has 1 aromatic carbocycles. The van der Waals surface area contributed by atoms with Crippen LogP contribution in [0, 0.1) is 53.3 Å². The molecule has 0 unspecified atom stereocenters. The summed E-state index contributed by atoms with van der Waals surface area (Å²) >= 11 is 0. The summed E-state index contributed by atoms with van der Waals surface area (Å²) in [4.78, 5) is 29.6. The van der Waals surface area contributed by atoms with Gasteiger partial charge in [0, 0.05) is 6.92 Å². The minimum atomic E-state index is -4.13. The molecule has 1 heterocycles. The minimum Gasteiger partial charge on any atom is -0.275 e. The molecule has 0 radical (unpaired) electrons. The summed E-state index contributed by atoms with van der Waals surface area (Å²) in [7, 11) is -4.13. The molecule has 8 aliphatic carbocycles. The lowest BCUT2D eigenvalue weighted by atomic mass is 9.43. The van der Waals surface area contributed by atoms with E-state index in [1.165, 1.54) is 54.7 Å². The van der Waals surface area contributed by atoms with Crippen LogP contribution in [-0.2, 0) is 14.8 Å². The number of carbonyl (C=O) groups excluding carboxylic acids is 2. The zero-order chi connectivity index (χ0) is 26.9. The summed E-state index contributed by atoms with van der Waals surface area (Å²) in [6.45, 7) is 3.43. The third-order valence-electron chi connectivity index (χ3n) is 12.6. The Kier molecular flexibility index (Phi) is 5.17. The van der Waals surface area contributed by atoms with E-state index in [1.54, 1.807) is 12.1 Å². The van der Waals surface area contributed by atoms with Gasteiger partial charge in [-0.15, -0.1) is 0 Å². The van der Waals surface area contributed by atoms with Crippen LogP contribution in [0.25, 0.3) is 0 Å². The Morgan fingerprint density at radius 3 is 1.49 bits per heavy atom. The first-order valence-electron chi connectivity index (χ1n) is 15.5. The Hall–Kier alpha value is -1.89. The molecule has 0 aromatic heterocycles. The Balaban J connectivity index is 1.32. The zero-order valence-electron chi connectivity index (χ0n) is 23.3. The van der Waals surface area contributed by atoms with Gasteiger partial charge in [0.05, 0.1) is 17.0 Å². The molecule has 6 nitrogen and oxygen atoms in total. The molecule has 2 atom stereocenters. The maximum Gasteiger partial charge on any atom is 0.341 e. The van der Waals surface area contributed by atoms with Crippen molar-refractivity contribution < 1.29 is 18.0 Å². The lowest BCUT2D eigenvalue weighted by molar-refractivity contribution is -0.148. The van der Waals surface area contributed by atoms with Gasteiger partial charge in [-0.25, -0.2) is 17.5 Å². The second-order valence-electron chi connectivity index (χ2n) is 15.2. The minimum absolute atomic E-state index is 0.151. The van der Waals surface area contributed by atoms with Gasteiger partial charge in [0.1, 0.15) is 0 Å². The van der Waals surface area contributed by atoms with E-state index in [9.17, 15) is 18.0 Å². The smallest absolute Gasteiger partial charge is 0.275 e. The van der Waals surface area contributed by atoms with Gasteiger partial charge in [-0.1, -0.05) is 17.7 Å². The molecule has 9 aliphatic rings. The van der Waals surface area contributed by atoms with Crippen molar-refractivity contribution in [1.82, 2.24) is 9.21 Å². The SMILES string of the molecule is CC(=O)N1C(=O)N(S(=O)(=O)c2ccc(C)cc2)[C@H](C23CC4CC(CC(C4)C2)C3)[C@H]1C12CC3CC(CC(C3)C1)C2. The van der Waals surface area contributed by atoms with Gasteiger partial charge in [-0.2, -0.15) is 0 Å². The molecule has 7 heteroatoms. The average molecular weight is 551 g/mol. The molecule has 0 spiro atoms. The maximum atomic E-state index is 14.6. The van der Waals surface area contributed by atoms with E-state index in [0.717, 1.165) is 44.1 Å². The standard InChI is InChI=1S/C32H42N2O4S/c1-19-3-5-27(6-4-19)39(37,38)34-29(32-16-24-10-25(17-32)12-26(11-24)18-32)28(33(20(2)35)30(34)36)31-13-21-7-22(14-31)9-23(8-21)15-31/h3-6,21-26,28-29H,7-18H2,1-2H3/t21?,22?,23?,24?,25?,26?,28-,29-,31?,32?/m0/s1. The summed E-state index contributed by atoms with van der Waals surface area (Å²) in [5.74, 6) is 3.55. The number of rotatable bonds is 4. The quantitative estimate of drug-likeness (QED) is 0.452. The number of urea groups is 1. The first-order valence-corrected chi connectivity index (χ1v) is 17.0. The van der Waals surface area contributed by atoms with Crippen molar-refractivity contribution in [1.29, 1.82) is 0 Å². The van der Waals surface area contributed by atoms with Crippen molar-refractivity contribution in [3.8, 4) is 0 Å². The molecule has 1 saturated heterocycles. The van der Waals surface area contributed by atoms with Gasteiger partial charge in [0.15, 0.2) is 0 Å². The van der Waals surface area contributed by atoms with Crippen LogP contribution in [0.2, 0.25) is 0 Å². The molecule has 210 valence electrons. The molecule has 1 aromatic rings. The van der Waals surface area contributed by atoms with Gasteiger partial charge in [-0.3, -0.25) is 9.69 Å². The summed E-state index contributed by atoms with van der Waals surface area (Å²) in [5.41, 5.74) is 0.610. The largest absolute Gasteiger partial charge is 0.341 e. The number of amides is 3.